The van der Waals surface area contributed by atoms with Crippen molar-refractivity contribution in [1.82, 2.24) is 0 Å². The third-order valence-corrected chi connectivity index (χ3v) is 4.63. The van der Waals surface area contributed by atoms with E-state index in [9.17, 15) is 4.39 Å². The van der Waals surface area contributed by atoms with Crippen LogP contribution in [0.5, 0.6) is 5.75 Å². The monoisotopic (exact) mass is 261 g/mol. The van der Waals surface area contributed by atoms with Crippen molar-refractivity contribution in [3.8, 4) is 5.75 Å². The van der Waals surface area contributed by atoms with Gasteiger partial charge >= 0.3 is 0 Å². The van der Waals surface area contributed by atoms with Crippen molar-refractivity contribution in [3.05, 3.63) is 29.1 Å². The van der Waals surface area contributed by atoms with Crippen LogP contribution in [0.25, 0.3) is 0 Å². The lowest BCUT2D eigenvalue weighted by atomic mass is 9.70. The van der Waals surface area contributed by atoms with Crippen LogP contribution in [-0.2, 0) is 6.42 Å². The zero-order chi connectivity index (χ0) is 13.4. The summed E-state index contributed by atoms with van der Waals surface area (Å²) in [4.78, 5) is 0. The summed E-state index contributed by atoms with van der Waals surface area (Å²) in [5.41, 5.74) is 2.65. The molecule has 1 aromatic carbocycles. The van der Waals surface area contributed by atoms with Gasteiger partial charge in [-0.2, -0.15) is 0 Å². The Bertz CT molecular complexity index is 512. The summed E-state index contributed by atoms with van der Waals surface area (Å²) in [7, 11) is 1.57. The number of ether oxygens (including phenoxy) is 1. The predicted molar refractivity (Wildman–Crippen MR) is 73.7 cm³/mol. The first-order valence-electron chi connectivity index (χ1n) is 7.15. The molecule has 0 aromatic heterocycles. The maximum Gasteiger partial charge on any atom is 0.130 e. The summed E-state index contributed by atoms with van der Waals surface area (Å²) >= 11 is 0. The second kappa shape index (κ2) is 4.95. The molecule has 2 aliphatic carbocycles. The van der Waals surface area contributed by atoms with E-state index < -0.39 is 0 Å². The second-order valence-corrected chi connectivity index (χ2v) is 5.72. The van der Waals surface area contributed by atoms with Gasteiger partial charge in [0.25, 0.3) is 0 Å². The minimum Gasteiger partial charge on any atom is -0.497 e. The first-order valence-corrected chi connectivity index (χ1v) is 7.15. The lowest BCUT2D eigenvalue weighted by Crippen LogP contribution is -2.31. The molecule has 0 aliphatic heterocycles. The highest BCUT2D eigenvalue weighted by atomic mass is 19.1. The Labute approximate surface area is 113 Å². The molecule has 2 unspecified atom stereocenters. The van der Waals surface area contributed by atoms with Gasteiger partial charge in [-0.3, -0.25) is 0 Å². The van der Waals surface area contributed by atoms with Gasteiger partial charge < -0.3 is 10.1 Å². The van der Waals surface area contributed by atoms with E-state index in [1.165, 1.54) is 18.9 Å². The Morgan fingerprint density at radius 3 is 2.79 bits per heavy atom. The van der Waals surface area contributed by atoms with E-state index in [0.717, 1.165) is 36.1 Å². The molecule has 2 aliphatic rings. The van der Waals surface area contributed by atoms with Gasteiger partial charge in [-0.05, 0) is 36.5 Å². The van der Waals surface area contributed by atoms with Crippen LogP contribution in [0.15, 0.2) is 12.1 Å². The second-order valence-electron chi connectivity index (χ2n) is 5.72. The molecule has 19 heavy (non-hydrogen) atoms. The van der Waals surface area contributed by atoms with Crippen molar-refractivity contribution in [1.29, 1.82) is 5.41 Å². The SMILES string of the molecule is COc1cc(F)c2c(c1)C1CCCCCC(C2)C1=N. The molecule has 1 aromatic rings. The van der Waals surface area contributed by atoms with E-state index in [1.807, 2.05) is 6.07 Å². The molecule has 3 heteroatoms. The van der Waals surface area contributed by atoms with Crippen LogP contribution in [0.1, 0.15) is 49.1 Å². The number of nitrogens with one attached hydrogen (secondary N) is 1. The van der Waals surface area contributed by atoms with Crippen LogP contribution in [0.4, 0.5) is 4.39 Å². The number of halogens is 1. The van der Waals surface area contributed by atoms with Crippen LogP contribution in [0.2, 0.25) is 0 Å². The number of rotatable bonds is 1. The maximum atomic E-state index is 14.2. The maximum absolute atomic E-state index is 14.2. The molecule has 0 spiro atoms. The zero-order valence-corrected chi connectivity index (χ0v) is 11.3. The lowest BCUT2D eigenvalue weighted by Gasteiger charge is -2.35. The highest BCUT2D eigenvalue weighted by molar-refractivity contribution is 5.92. The van der Waals surface area contributed by atoms with Gasteiger partial charge in [0, 0.05) is 23.6 Å². The zero-order valence-electron chi connectivity index (χ0n) is 11.3. The molecule has 0 amide bonds. The van der Waals surface area contributed by atoms with Crippen LogP contribution >= 0.6 is 0 Å². The molecular weight excluding hydrogens is 241 g/mol. The summed E-state index contributed by atoms with van der Waals surface area (Å²) in [5, 5.41) is 8.41. The number of hydrogen-bond donors (Lipinski definition) is 1. The van der Waals surface area contributed by atoms with Crippen LogP contribution in [-0.4, -0.2) is 12.8 Å². The summed E-state index contributed by atoms with van der Waals surface area (Å²) in [5.74, 6) is 0.779. The summed E-state index contributed by atoms with van der Waals surface area (Å²) in [6.07, 6.45) is 6.27. The number of benzene rings is 1. The average Bonchev–Trinajstić information content (AvgIpc) is 2.41. The van der Waals surface area contributed by atoms with Crippen LogP contribution in [0.3, 0.4) is 0 Å². The van der Waals surface area contributed by atoms with Crippen molar-refractivity contribution < 1.29 is 9.13 Å². The van der Waals surface area contributed by atoms with E-state index in [-0.39, 0.29) is 17.7 Å². The van der Waals surface area contributed by atoms with Gasteiger partial charge in [0.1, 0.15) is 11.6 Å². The van der Waals surface area contributed by atoms with Crippen molar-refractivity contribution in [2.45, 2.75) is 44.4 Å². The van der Waals surface area contributed by atoms with Gasteiger partial charge in [0.05, 0.1) is 7.11 Å². The van der Waals surface area contributed by atoms with E-state index in [2.05, 4.69) is 0 Å². The predicted octanol–water partition coefficient (Wildman–Crippen LogP) is 4.07. The highest BCUT2D eigenvalue weighted by Crippen LogP contribution is 2.41. The number of hydrogen-bond acceptors (Lipinski definition) is 2. The fourth-order valence-electron chi connectivity index (χ4n) is 3.57. The largest absolute Gasteiger partial charge is 0.497 e. The first-order chi connectivity index (χ1) is 9.20. The Balaban J connectivity index is 2.09. The van der Waals surface area contributed by atoms with Crippen LogP contribution < -0.4 is 4.74 Å². The standard InChI is InChI=1S/C16H20FNO/c1-19-11-8-13-12-6-4-2-3-5-10(16(12)18)7-14(13)15(17)9-11/h8-10,12,18H,2-7H2,1H3. The van der Waals surface area contributed by atoms with Gasteiger partial charge in [-0.25, -0.2) is 4.39 Å². The third-order valence-electron chi connectivity index (χ3n) is 4.63. The molecule has 1 N–H and O–H groups in total. The molecule has 1 saturated carbocycles. The highest BCUT2D eigenvalue weighted by Gasteiger charge is 2.34. The molecule has 2 atom stereocenters. The molecular formula is C16H20FNO. The smallest absolute Gasteiger partial charge is 0.130 e. The van der Waals surface area contributed by atoms with Crippen LogP contribution in [0, 0.1) is 17.1 Å². The van der Waals surface area contributed by atoms with Gasteiger partial charge in [-0.1, -0.05) is 19.3 Å². The molecule has 1 fully saturated rings. The molecule has 3 rings (SSSR count). The Morgan fingerprint density at radius 1 is 1.21 bits per heavy atom. The minimum atomic E-state index is -0.155. The quantitative estimate of drug-likeness (QED) is 0.812. The van der Waals surface area contributed by atoms with Crippen molar-refractivity contribution >= 4 is 5.71 Å². The number of methoxy groups -OCH3 is 1. The van der Waals surface area contributed by atoms with Gasteiger partial charge in [0.2, 0.25) is 0 Å². The molecule has 0 radical (unpaired) electrons. The van der Waals surface area contributed by atoms with Gasteiger partial charge in [0.15, 0.2) is 0 Å². The van der Waals surface area contributed by atoms with E-state index in [0.29, 0.717) is 12.2 Å². The molecule has 2 bridgehead atoms. The Kier molecular flexibility index (Phi) is 3.29. The molecule has 0 heterocycles. The number of fused-ring (bicyclic) bond motifs is 4. The van der Waals surface area contributed by atoms with Gasteiger partial charge in [-0.15, -0.1) is 0 Å². The third kappa shape index (κ3) is 2.15. The molecule has 102 valence electrons. The Hall–Kier alpha value is -1.38. The molecule has 0 saturated heterocycles. The first kappa shape index (κ1) is 12.6. The molecule has 2 nitrogen and oxygen atoms in total. The topological polar surface area (TPSA) is 33.1 Å². The lowest BCUT2D eigenvalue weighted by molar-refractivity contribution is 0.405. The van der Waals surface area contributed by atoms with E-state index in [1.54, 1.807) is 7.11 Å². The van der Waals surface area contributed by atoms with E-state index >= 15 is 0 Å². The summed E-state index contributed by atoms with van der Waals surface area (Å²) in [6, 6.07) is 3.42. The minimum absolute atomic E-state index is 0.110. The van der Waals surface area contributed by atoms with E-state index in [4.69, 9.17) is 10.1 Å². The fraction of sp³-hybridized carbons (Fsp3) is 0.562. The summed E-state index contributed by atoms with van der Waals surface area (Å²) in [6.45, 7) is 0. The van der Waals surface area contributed by atoms with Crippen molar-refractivity contribution in [2.24, 2.45) is 5.92 Å². The van der Waals surface area contributed by atoms with Crippen molar-refractivity contribution in [2.75, 3.05) is 7.11 Å². The average molecular weight is 261 g/mol. The fourth-order valence-corrected chi connectivity index (χ4v) is 3.57. The normalized spacial score (nSPS) is 26.3. The Morgan fingerprint density at radius 2 is 2.00 bits per heavy atom. The summed E-state index contributed by atoms with van der Waals surface area (Å²) < 4.78 is 19.4. The van der Waals surface area contributed by atoms with Crippen molar-refractivity contribution in [3.63, 3.8) is 0 Å².